The Morgan fingerprint density at radius 3 is 2.67 bits per heavy atom. The van der Waals surface area contributed by atoms with Gasteiger partial charge in [-0.2, -0.15) is 10.1 Å². The minimum atomic E-state index is 0.486. The maximum Gasteiger partial charge on any atom is 0.229 e. The van der Waals surface area contributed by atoms with Gasteiger partial charge in [0.15, 0.2) is 0 Å². The number of fused-ring (bicyclic) bond motifs is 1. The summed E-state index contributed by atoms with van der Waals surface area (Å²) in [6.45, 7) is 0. The third-order valence-electron chi connectivity index (χ3n) is 3.44. The second-order valence-corrected chi connectivity index (χ2v) is 5.60. The van der Waals surface area contributed by atoms with E-state index in [4.69, 9.17) is 11.6 Å². The highest BCUT2D eigenvalue weighted by Crippen LogP contribution is 2.27. The Morgan fingerprint density at radius 1 is 0.917 bits per heavy atom. The molecule has 0 unspecified atom stereocenters. The van der Waals surface area contributed by atoms with Crippen LogP contribution in [0.3, 0.4) is 0 Å². The van der Waals surface area contributed by atoms with Crippen LogP contribution < -0.4 is 10.6 Å². The highest BCUT2D eigenvalue weighted by molar-refractivity contribution is 6.30. The summed E-state index contributed by atoms with van der Waals surface area (Å²) < 4.78 is 0. The molecule has 7 heteroatoms. The van der Waals surface area contributed by atoms with Gasteiger partial charge >= 0.3 is 0 Å². The number of nitrogens with one attached hydrogen (secondary N) is 3. The zero-order valence-corrected chi connectivity index (χ0v) is 13.2. The molecule has 2 aromatic heterocycles. The Balaban J connectivity index is 1.77. The van der Waals surface area contributed by atoms with Gasteiger partial charge in [0.2, 0.25) is 5.95 Å². The molecule has 118 valence electrons. The van der Waals surface area contributed by atoms with Crippen molar-refractivity contribution in [1.29, 1.82) is 0 Å². The van der Waals surface area contributed by atoms with Gasteiger partial charge in [-0.05, 0) is 30.3 Å². The Hall–Kier alpha value is -3.12. The number of anilines is 4. The van der Waals surface area contributed by atoms with Crippen molar-refractivity contribution in [2.75, 3.05) is 10.6 Å². The van der Waals surface area contributed by atoms with E-state index in [1.807, 2.05) is 48.5 Å². The fourth-order valence-corrected chi connectivity index (χ4v) is 2.57. The van der Waals surface area contributed by atoms with Gasteiger partial charge in [-0.15, -0.1) is 0 Å². The van der Waals surface area contributed by atoms with Crippen LogP contribution in [0.25, 0.3) is 10.9 Å². The van der Waals surface area contributed by atoms with Crippen LogP contribution in [-0.4, -0.2) is 20.2 Å². The molecule has 0 spiro atoms. The van der Waals surface area contributed by atoms with Crippen molar-refractivity contribution in [3.05, 3.63) is 65.9 Å². The molecular formula is C17H13ClN6. The molecule has 3 N–H and O–H groups in total. The van der Waals surface area contributed by atoms with Gasteiger partial charge in [0.25, 0.3) is 0 Å². The summed E-state index contributed by atoms with van der Waals surface area (Å²) in [5, 5.41) is 14.7. The molecule has 0 fully saturated rings. The first-order chi connectivity index (χ1) is 11.8. The second-order valence-electron chi connectivity index (χ2n) is 5.16. The number of hydrogen-bond donors (Lipinski definition) is 3. The molecule has 2 heterocycles. The smallest absolute Gasteiger partial charge is 0.229 e. The largest absolute Gasteiger partial charge is 0.340 e. The third-order valence-corrected chi connectivity index (χ3v) is 3.68. The molecule has 0 radical (unpaired) electrons. The van der Waals surface area contributed by atoms with Gasteiger partial charge < -0.3 is 10.6 Å². The fraction of sp³-hybridized carbons (Fsp3) is 0. The van der Waals surface area contributed by atoms with Gasteiger partial charge in [-0.1, -0.05) is 29.8 Å². The molecule has 4 rings (SSSR count). The molecule has 2 aromatic carbocycles. The monoisotopic (exact) mass is 336 g/mol. The number of nitrogens with zero attached hydrogens (tertiary/aromatic N) is 3. The number of H-pyrrole nitrogens is 1. The van der Waals surface area contributed by atoms with E-state index in [1.54, 1.807) is 12.4 Å². The Bertz CT molecular complexity index is 983. The van der Waals surface area contributed by atoms with Gasteiger partial charge in [-0.3, -0.25) is 5.10 Å². The van der Waals surface area contributed by atoms with Crippen LogP contribution in [0, 0.1) is 0 Å². The fourth-order valence-electron chi connectivity index (χ4n) is 2.38. The molecule has 24 heavy (non-hydrogen) atoms. The van der Waals surface area contributed by atoms with Crippen LogP contribution in [0.1, 0.15) is 0 Å². The van der Waals surface area contributed by atoms with E-state index >= 15 is 0 Å². The lowest BCUT2D eigenvalue weighted by molar-refractivity contribution is 1.09. The Morgan fingerprint density at radius 2 is 1.83 bits per heavy atom. The summed E-state index contributed by atoms with van der Waals surface area (Å²) >= 11 is 6.06. The van der Waals surface area contributed by atoms with E-state index in [0.717, 1.165) is 22.3 Å². The quantitative estimate of drug-likeness (QED) is 0.511. The van der Waals surface area contributed by atoms with Gasteiger partial charge in [0.1, 0.15) is 5.82 Å². The van der Waals surface area contributed by atoms with Crippen LogP contribution >= 0.6 is 11.6 Å². The summed E-state index contributed by atoms with van der Waals surface area (Å²) in [7, 11) is 0. The topological polar surface area (TPSA) is 78.5 Å². The summed E-state index contributed by atoms with van der Waals surface area (Å²) in [5.74, 6) is 1.19. The first-order valence-corrected chi connectivity index (χ1v) is 7.71. The number of para-hydroxylation sites is 1. The molecule has 0 saturated carbocycles. The summed E-state index contributed by atoms with van der Waals surface area (Å²) in [6, 6.07) is 15.3. The van der Waals surface area contributed by atoms with Crippen molar-refractivity contribution in [3.8, 4) is 0 Å². The van der Waals surface area contributed by atoms with Crippen LogP contribution in [-0.2, 0) is 0 Å². The number of hydrogen-bond acceptors (Lipinski definition) is 5. The number of benzene rings is 2. The average Bonchev–Trinajstić information content (AvgIpc) is 3.08. The minimum Gasteiger partial charge on any atom is -0.340 e. The van der Waals surface area contributed by atoms with E-state index in [0.29, 0.717) is 16.8 Å². The lowest BCUT2D eigenvalue weighted by atomic mass is 10.2. The number of halogens is 1. The maximum absolute atomic E-state index is 6.06. The van der Waals surface area contributed by atoms with Crippen molar-refractivity contribution in [2.45, 2.75) is 0 Å². The molecule has 0 aliphatic heterocycles. The average molecular weight is 337 g/mol. The van der Waals surface area contributed by atoms with Crippen molar-refractivity contribution >= 4 is 45.6 Å². The Kier molecular flexibility index (Phi) is 3.72. The van der Waals surface area contributed by atoms with E-state index in [2.05, 4.69) is 30.8 Å². The number of aromatic amines is 1. The first kappa shape index (κ1) is 14.5. The number of aromatic nitrogens is 4. The Labute approximate surface area is 142 Å². The standard InChI is InChI=1S/C17H13ClN6/c18-11-4-3-5-12(8-11)21-16-14-6-1-2-7-15(14)23-17(24-16)22-13-9-19-20-10-13/h1-10H,(H,19,20)(H2,21,22,23,24). The molecule has 0 saturated heterocycles. The van der Waals surface area contributed by atoms with Gasteiger partial charge in [0.05, 0.1) is 17.4 Å². The van der Waals surface area contributed by atoms with E-state index < -0.39 is 0 Å². The molecule has 0 amide bonds. The zero-order valence-electron chi connectivity index (χ0n) is 12.5. The van der Waals surface area contributed by atoms with Gasteiger partial charge in [-0.25, -0.2) is 4.98 Å². The highest BCUT2D eigenvalue weighted by atomic mass is 35.5. The highest BCUT2D eigenvalue weighted by Gasteiger charge is 2.09. The zero-order chi connectivity index (χ0) is 16.4. The second kappa shape index (κ2) is 6.17. The van der Waals surface area contributed by atoms with Crippen molar-refractivity contribution in [2.24, 2.45) is 0 Å². The SMILES string of the molecule is Clc1cccc(Nc2nc(Nc3cn[nH]c3)nc3ccccc23)c1. The minimum absolute atomic E-state index is 0.486. The molecule has 0 aliphatic carbocycles. The van der Waals surface area contributed by atoms with Crippen LogP contribution in [0.4, 0.5) is 23.1 Å². The lowest BCUT2D eigenvalue weighted by Crippen LogP contribution is -2.01. The van der Waals surface area contributed by atoms with Crippen molar-refractivity contribution in [1.82, 2.24) is 20.2 Å². The molecule has 4 aromatic rings. The van der Waals surface area contributed by atoms with Gasteiger partial charge in [0, 0.05) is 22.3 Å². The van der Waals surface area contributed by atoms with E-state index in [1.165, 1.54) is 0 Å². The summed E-state index contributed by atoms with van der Waals surface area (Å²) in [4.78, 5) is 9.12. The van der Waals surface area contributed by atoms with E-state index in [-0.39, 0.29) is 0 Å². The predicted molar refractivity (Wildman–Crippen MR) is 96.1 cm³/mol. The number of rotatable bonds is 4. The molecular weight excluding hydrogens is 324 g/mol. The summed E-state index contributed by atoms with van der Waals surface area (Å²) in [5.41, 5.74) is 2.49. The third kappa shape index (κ3) is 3.00. The van der Waals surface area contributed by atoms with Crippen molar-refractivity contribution < 1.29 is 0 Å². The lowest BCUT2D eigenvalue weighted by Gasteiger charge is -2.11. The molecule has 0 atom stereocenters. The normalized spacial score (nSPS) is 10.7. The molecule has 6 nitrogen and oxygen atoms in total. The van der Waals surface area contributed by atoms with Crippen LogP contribution in [0.15, 0.2) is 60.9 Å². The maximum atomic E-state index is 6.06. The summed E-state index contributed by atoms with van der Waals surface area (Å²) in [6.07, 6.45) is 3.41. The first-order valence-electron chi connectivity index (χ1n) is 7.33. The predicted octanol–water partition coefficient (Wildman–Crippen LogP) is 4.49. The van der Waals surface area contributed by atoms with Crippen molar-refractivity contribution in [3.63, 3.8) is 0 Å². The molecule has 0 bridgehead atoms. The molecule has 0 aliphatic rings. The van der Waals surface area contributed by atoms with Crippen LogP contribution in [0.5, 0.6) is 0 Å². The van der Waals surface area contributed by atoms with Crippen LogP contribution in [0.2, 0.25) is 5.02 Å². The van der Waals surface area contributed by atoms with E-state index in [9.17, 15) is 0 Å².